The fourth-order valence-corrected chi connectivity index (χ4v) is 2.37. The third kappa shape index (κ3) is 2.72. The molecule has 5 heteroatoms. The number of rotatable bonds is 5. The van der Waals surface area contributed by atoms with Crippen molar-refractivity contribution in [2.75, 3.05) is 6.54 Å². The van der Waals surface area contributed by atoms with Gasteiger partial charge >= 0.3 is 0 Å². The fourth-order valence-electron chi connectivity index (χ4n) is 2.37. The van der Waals surface area contributed by atoms with Crippen LogP contribution in [-0.4, -0.2) is 27.8 Å². The van der Waals surface area contributed by atoms with Gasteiger partial charge in [-0.2, -0.15) is 5.10 Å². The van der Waals surface area contributed by atoms with Gasteiger partial charge in [0.1, 0.15) is 6.54 Å². The van der Waals surface area contributed by atoms with Crippen molar-refractivity contribution < 1.29 is 4.79 Å². The Hall–Kier alpha value is -1.36. The number of carbonyl (C=O) groups is 1. The van der Waals surface area contributed by atoms with Crippen molar-refractivity contribution in [1.82, 2.24) is 15.1 Å². The van der Waals surface area contributed by atoms with E-state index in [4.69, 9.17) is 5.73 Å². The summed E-state index contributed by atoms with van der Waals surface area (Å²) in [6, 6.07) is 1.97. The first-order valence-electron chi connectivity index (χ1n) is 6.47. The van der Waals surface area contributed by atoms with Crippen LogP contribution in [-0.2, 0) is 11.3 Å². The van der Waals surface area contributed by atoms with E-state index in [9.17, 15) is 4.79 Å². The lowest BCUT2D eigenvalue weighted by molar-refractivity contribution is -0.123. The summed E-state index contributed by atoms with van der Waals surface area (Å²) in [5, 5.41) is 7.36. The Bertz CT molecular complexity index is 450. The fraction of sp³-hybridized carbons (Fsp3) is 0.692. The van der Waals surface area contributed by atoms with E-state index in [1.165, 1.54) is 0 Å². The Morgan fingerprint density at radius 1 is 1.61 bits per heavy atom. The maximum atomic E-state index is 12.1. The topological polar surface area (TPSA) is 72.9 Å². The maximum Gasteiger partial charge on any atom is 0.242 e. The number of hydrogen-bond acceptors (Lipinski definition) is 3. The molecule has 18 heavy (non-hydrogen) atoms. The molecular weight excluding hydrogens is 228 g/mol. The van der Waals surface area contributed by atoms with Gasteiger partial charge in [-0.3, -0.25) is 9.48 Å². The largest absolute Gasteiger partial charge is 0.348 e. The average molecular weight is 250 g/mol. The van der Waals surface area contributed by atoms with Crippen LogP contribution in [0.4, 0.5) is 0 Å². The summed E-state index contributed by atoms with van der Waals surface area (Å²) in [6.45, 7) is 6.66. The first-order chi connectivity index (χ1) is 8.44. The third-order valence-corrected chi connectivity index (χ3v) is 3.72. The molecule has 1 heterocycles. The number of aromatic nitrogens is 2. The highest BCUT2D eigenvalue weighted by Gasteiger charge is 2.41. The van der Waals surface area contributed by atoms with Crippen molar-refractivity contribution in [2.45, 2.75) is 45.7 Å². The highest BCUT2D eigenvalue weighted by molar-refractivity contribution is 5.76. The Morgan fingerprint density at radius 3 is 2.72 bits per heavy atom. The molecule has 0 saturated heterocycles. The van der Waals surface area contributed by atoms with Gasteiger partial charge in [0, 0.05) is 12.2 Å². The summed E-state index contributed by atoms with van der Waals surface area (Å²) in [6.07, 6.45) is 2.32. The van der Waals surface area contributed by atoms with Gasteiger partial charge in [-0.1, -0.05) is 0 Å². The molecule has 1 atom stereocenters. The quantitative estimate of drug-likeness (QED) is 0.809. The van der Waals surface area contributed by atoms with E-state index in [1.54, 1.807) is 4.68 Å². The van der Waals surface area contributed by atoms with Crippen molar-refractivity contribution in [3.63, 3.8) is 0 Å². The lowest BCUT2D eigenvalue weighted by Gasteiger charge is -2.29. The van der Waals surface area contributed by atoms with Crippen LogP contribution in [0.1, 0.15) is 31.2 Å². The molecule has 1 aromatic rings. The van der Waals surface area contributed by atoms with E-state index in [1.807, 2.05) is 26.8 Å². The third-order valence-electron chi connectivity index (χ3n) is 3.72. The summed E-state index contributed by atoms with van der Waals surface area (Å²) in [4.78, 5) is 12.1. The van der Waals surface area contributed by atoms with Crippen molar-refractivity contribution in [1.29, 1.82) is 0 Å². The van der Waals surface area contributed by atoms with Crippen LogP contribution in [0, 0.1) is 19.8 Å². The smallest absolute Gasteiger partial charge is 0.242 e. The van der Waals surface area contributed by atoms with E-state index in [-0.39, 0.29) is 18.0 Å². The van der Waals surface area contributed by atoms with Gasteiger partial charge in [-0.25, -0.2) is 0 Å². The molecule has 1 aliphatic carbocycles. The van der Waals surface area contributed by atoms with Crippen molar-refractivity contribution in [3.05, 3.63) is 17.5 Å². The number of amides is 1. The molecule has 3 N–H and O–H groups in total. The van der Waals surface area contributed by atoms with Crippen LogP contribution in [0.5, 0.6) is 0 Å². The maximum absolute atomic E-state index is 12.1. The van der Waals surface area contributed by atoms with Crippen LogP contribution in [0.15, 0.2) is 6.07 Å². The summed E-state index contributed by atoms with van der Waals surface area (Å²) in [5.74, 6) is 0.521. The van der Waals surface area contributed by atoms with Gasteiger partial charge < -0.3 is 11.1 Å². The molecule has 0 spiro atoms. The molecule has 1 aliphatic rings. The Morgan fingerprint density at radius 2 is 2.28 bits per heavy atom. The van der Waals surface area contributed by atoms with Crippen LogP contribution in [0.2, 0.25) is 0 Å². The summed E-state index contributed by atoms with van der Waals surface area (Å²) in [7, 11) is 0. The second-order valence-corrected chi connectivity index (χ2v) is 5.53. The molecular formula is C13H22N4O. The standard InChI is InChI=1S/C13H22N4O/c1-9-6-10(2)17(16-9)7-12(18)15-13(3,8-14)11-4-5-11/h6,11H,4-5,7-8,14H2,1-3H3,(H,15,18). The van der Waals surface area contributed by atoms with Gasteiger partial charge in [-0.15, -0.1) is 0 Å². The number of nitrogens with zero attached hydrogens (tertiary/aromatic N) is 2. The summed E-state index contributed by atoms with van der Waals surface area (Å²) >= 11 is 0. The summed E-state index contributed by atoms with van der Waals surface area (Å²) < 4.78 is 1.73. The molecule has 2 rings (SSSR count). The highest BCUT2D eigenvalue weighted by Crippen LogP contribution is 2.38. The monoisotopic (exact) mass is 250 g/mol. The Kier molecular flexibility index (Phi) is 3.43. The molecule has 1 aromatic heterocycles. The summed E-state index contributed by atoms with van der Waals surface area (Å²) in [5.41, 5.74) is 7.47. The molecule has 0 radical (unpaired) electrons. The van der Waals surface area contributed by atoms with Crippen LogP contribution < -0.4 is 11.1 Å². The van der Waals surface area contributed by atoms with Crippen molar-refractivity contribution >= 4 is 5.91 Å². The molecule has 0 bridgehead atoms. The first-order valence-corrected chi connectivity index (χ1v) is 6.47. The lowest BCUT2D eigenvalue weighted by Crippen LogP contribution is -2.54. The van der Waals surface area contributed by atoms with E-state index in [0.29, 0.717) is 12.5 Å². The lowest BCUT2D eigenvalue weighted by atomic mass is 9.96. The molecule has 1 fully saturated rings. The van der Waals surface area contributed by atoms with Gasteiger partial charge in [0.15, 0.2) is 0 Å². The zero-order valence-electron chi connectivity index (χ0n) is 11.4. The number of aryl methyl sites for hydroxylation is 2. The van der Waals surface area contributed by atoms with Crippen molar-refractivity contribution in [3.8, 4) is 0 Å². The molecule has 100 valence electrons. The second kappa shape index (κ2) is 4.72. The average Bonchev–Trinajstić information content (AvgIpc) is 3.07. The van der Waals surface area contributed by atoms with Gasteiger partial charge in [0.2, 0.25) is 5.91 Å². The number of carbonyl (C=O) groups excluding carboxylic acids is 1. The van der Waals surface area contributed by atoms with Gasteiger partial charge in [-0.05, 0) is 45.6 Å². The number of hydrogen-bond donors (Lipinski definition) is 2. The zero-order chi connectivity index (χ0) is 13.3. The second-order valence-electron chi connectivity index (χ2n) is 5.53. The molecule has 1 saturated carbocycles. The van der Waals surface area contributed by atoms with Crippen molar-refractivity contribution in [2.24, 2.45) is 11.7 Å². The van der Waals surface area contributed by atoms with Crippen LogP contribution in [0.25, 0.3) is 0 Å². The molecule has 1 unspecified atom stereocenters. The molecule has 0 aromatic carbocycles. The van der Waals surface area contributed by atoms with Gasteiger partial charge in [0.25, 0.3) is 0 Å². The first kappa shape index (κ1) is 13.1. The predicted molar refractivity (Wildman–Crippen MR) is 70.0 cm³/mol. The van der Waals surface area contributed by atoms with E-state index in [2.05, 4.69) is 10.4 Å². The van der Waals surface area contributed by atoms with E-state index in [0.717, 1.165) is 24.2 Å². The minimum absolute atomic E-state index is 0.0129. The number of nitrogens with one attached hydrogen (secondary N) is 1. The molecule has 5 nitrogen and oxygen atoms in total. The zero-order valence-corrected chi connectivity index (χ0v) is 11.4. The Labute approximate surface area is 108 Å². The minimum atomic E-state index is -0.257. The molecule has 0 aliphatic heterocycles. The van der Waals surface area contributed by atoms with Crippen LogP contribution in [0.3, 0.4) is 0 Å². The van der Waals surface area contributed by atoms with E-state index < -0.39 is 0 Å². The minimum Gasteiger partial charge on any atom is -0.348 e. The normalized spacial score (nSPS) is 18.4. The van der Waals surface area contributed by atoms with Gasteiger partial charge in [0.05, 0.1) is 11.2 Å². The predicted octanol–water partition coefficient (Wildman–Crippen LogP) is 0.744. The van der Waals surface area contributed by atoms with E-state index >= 15 is 0 Å². The molecule has 1 amide bonds. The SMILES string of the molecule is Cc1cc(C)n(CC(=O)NC(C)(CN)C2CC2)n1. The van der Waals surface area contributed by atoms with Crippen LogP contribution >= 0.6 is 0 Å². The highest BCUT2D eigenvalue weighted by atomic mass is 16.2. The number of nitrogens with two attached hydrogens (primary N) is 1. The Balaban J connectivity index is 1.98.